The van der Waals surface area contributed by atoms with Gasteiger partial charge in [-0.05, 0) is 54.3 Å². The van der Waals surface area contributed by atoms with E-state index in [2.05, 4.69) is 11.9 Å². The molecule has 0 aliphatic heterocycles. The molecule has 0 spiro atoms. The van der Waals surface area contributed by atoms with Crippen molar-refractivity contribution < 1.29 is 0 Å². The highest BCUT2D eigenvalue weighted by Gasteiger charge is 2.08. The lowest BCUT2D eigenvalue weighted by atomic mass is 10.1. The fourth-order valence-electron chi connectivity index (χ4n) is 2.74. The van der Waals surface area contributed by atoms with E-state index in [4.69, 9.17) is 15.0 Å². The van der Waals surface area contributed by atoms with E-state index >= 15 is 0 Å². The Balaban J connectivity index is 1.70. The maximum Gasteiger partial charge on any atom is 0.0967 e. The van der Waals surface area contributed by atoms with Crippen LogP contribution < -0.4 is 0 Å². The van der Waals surface area contributed by atoms with Crippen molar-refractivity contribution in [3.8, 4) is 34.2 Å². The van der Waals surface area contributed by atoms with E-state index in [1.165, 1.54) is 0 Å². The first kappa shape index (κ1) is 17.4. The highest BCUT2D eigenvalue weighted by molar-refractivity contribution is 7.99. The van der Waals surface area contributed by atoms with E-state index in [0.29, 0.717) is 0 Å². The normalized spacial score (nSPS) is 10.7. The minimum absolute atomic E-state index is 0.819. The Bertz CT molecular complexity index is 1050. The lowest BCUT2D eigenvalue weighted by molar-refractivity contribution is 1.12. The van der Waals surface area contributed by atoms with Crippen molar-refractivity contribution in [1.82, 2.24) is 19.9 Å². The third-order valence-electron chi connectivity index (χ3n) is 3.97. The van der Waals surface area contributed by atoms with Crippen molar-refractivity contribution in [3.05, 3.63) is 79.0 Å². The van der Waals surface area contributed by atoms with E-state index in [-0.39, 0.29) is 0 Å². The fourth-order valence-corrected chi connectivity index (χ4v) is 3.37. The molecule has 5 heteroatoms. The summed E-state index contributed by atoms with van der Waals surface area (Å²) in [4.78, 5) is 18.6. The maximum atomic E-state index is 4.79. The van der Waals surface area contributed by atoms with Crippen LogP contribution in [0, 0.1) is 0 Å². The molecule has 0 bridgehead atoms. The van der Waals surface area contributed by atoms with Crippen LogP contribution in [-0.2, 0) is 0 Å². The van der Waals surface area contributed by atoms with Crippen molar-refractivity contribution in [2.75, 3.05) is 5.75 Å². The van der Waals surface area contributed by atoms with Crippen LogP contribution in [0.2, 0.25) is 0 Å². The van der Waals surface area contributed by atoms with Crippen molar-refractivity contribution >= 4 is 11.8 Å². The van der Waals surface area contributed by atoms with Crippen LogP contribution in [0.4, 0.5) is 0 Å². The molecule has 0 radical (unpaired) electrons. The molecule has 0 saturated heterocycles. The van der Waals surface area contributed by atoms with Crippen molar-refractivity contribution in [3.63, 3.8) is 0 Å². The minimum Gasteiger partial charge on any atom is -0.255 e. The highest BCUT2D eigenvalue weighted by atomic mass is 32.2. The van der Waals surface area contributed by atoms with Gasteiger partial charge in [0.25, 0.3) is 0 Å². The van der Waals surface area contributed by atoms with Gasteiger partial charge in [0.05, 0.1) is 39.2 Å². The number of nitrogens with zero attached hydrogens (tertiary/aromatic N) is 4. The van der Waals surface area contributed by atoms with Gasteiger partial charge in [0, 0.05) is 6.20 Å². The monoisotopic (exact) mass is 370 g/mol. The lowest BCUT2D eigenvalue weighted by Gasteiger charge is -2.07. The van der Waals surface area contributed by atoms with Crippen LogP contribution in [0.1, 0.15) is 6.92 Å². The molecule has 0 aliphatic carbocycles. The number of rotatable bonds is 5. The van der Waals surface area contributed by atoms with Crippen LogP contribution in [0.3, 0.4) is 0 Å². The van der Waals surface area contributed by atoms with Crippen molar-refractivity contribution in [2.45, 2.75) is 11.9 Å². The number of thioether (sulfide) groups is 1. The first-order valence-corrected chi connectivity index (χ1v) is 9.78. The molecule has 27 heavy (non-hydrogen) atoms. The summed E-state index contributed by atoms with van der Waals surface area (Å²) < 4.78 is 0. The molecule has 4 nitrogen and oxygen atoms in total. The van der Waals surface area contributed by atoms with Gasteiger partial charge in [0.15, 0.2) is 0 Å². The zero-order chi connectivity index (χ0) is 18.5. The van der Waals surface area contributed by atoms with Gasteiger partial charge in [0.1, 0.15) is 0 Å². The molecule has 132 valence electrons. The molecule has 4 aromatic heterocycles. The number of pyridine rings is 4. The van der Waals surface area contributed by atoms with Crippen molar-refractivity contribution in [2.24, 2.45) is 0 Å². The average Bonchev–Trinajstić information content (AvgIpc) is 2.75. The summed E-state index contributed by atoms with van der Waals surface area (Å²) in [5.41, 5.74) is 5.04. The summed E-state index contributed by atoms with van der Waals surface area (Å²) in [6.45, 7) is 2.12. The predicted molar refractivity (Wildman–Crippen MR) is 110 cm³/mol. The van der Waals surface area contributed by atoms with Crippen LogP contribution in [0.5, 0.6) is 0 Å². The van der Waals surface area contributed by atoms with Crippen LogP contribution in [0.15, 0.2) is 84.0 Å². The summed E-state index contributed by atoms with van der Waals surface area (Å²) >= 11 is 1.73. The zero-order valence-corrected chi connectivity index (χ0v) is 15.7. The van der Waals surface area contributed by atoms with Gasteiger partial charge in [-0.1, -0.05) is 31.2 Å². The van der Waals surface area contributed by atoms with Gasteiger partial charge in [-0.2, -0.15) is 0 Å². The number of hydrogen-bond acceptors (Lipinski definition) is 5. The quantitative estimate of drug-likeness (QED) is 0.442. The fraction of sp³-hybridized carbons (Fsp3) is 0.0909. The van der Waals surface area contributed by atoms with E-state index in [9.17, 15) is 0 Å². The van der Waals surface area contributed by atoms with Crippen LogP contribution in [-0.4, -0.2) is 25.7 Å². The van der Waals surface area contributed by atoms with E-state index in [0.717, 1.165) is 44.9 Å². The van der Waals surface area contributed by atoms with Crippen LogP contribution >= 0.6 is 11.8 Å². The second kappa shape index (κ2) is 8.10. The molecular formula is C22H18N4S. The first-order valence-electron chi connectivity index (χ1n) is 8.79. The Hall–Kier alpha value is -3.05. The lowest BCUT2D eigenvalue weighted by Crippen LogP contribution is -1.94. The van der Waals surface area contributed by atoms with Crippen LogP contribution in [0.25, 0.3) is 34.2 Å². The Morgan fingerprint density at radius 2 is 1.11 bits per heavy atom. The summed E-state index contributed by atoms with van der Waals surface area (Å²) in [5, 5.41) is 1.01. The largest absolute Gasteiger partial charge is 0.255 e. The number of hydrogen-bond donors (Lipinski definition) is 0. The van der Waals surface area contributed by atoms with E-state index < -0.39 is 0 Å². The molecule has 0 fully saturated rings. The Morgan fingerprint density at radius 3 is 1.67 bits per heavy atom. The topological polar surface area (TPSA) is 51.6 Å². The third-order valence-corrected chi connectivity index (χ3v) is 4.78. The van der Waals surface area contributed by atoms with Gasteiger partial charge in [0.2, 0.25) is 0 Å². The second-order valence-corrected chi connectivity index (χ2v) is 7.11. The van der Waals surface area contributed by atoms with Crippen molar-refractivity contribution in [1.29, 1.82) is 0 Å². The third kappa shape index (κ3) is 4.04. The zero-order valence-electron chi connectivity index (χ0n) is 14.9. The Kier molecular flexibility index (Phi) is 5.21. The average molecular weight is 370 g/mol. The smallest absolute Gasteiger partial charge is 0.0967 e. The Morgan fingerprint density at radius 1 is 0.593 bits per heavy atom. The number of aromatic nitrogens is 4. The van der Waals surface area contributed by atoms with E-state index in [1.54, 1.807) is 18.0 Å². The molecule has 4 aromatic rings. The Labute approximate surface area is 162 Å². The molecule has 4 heterocycles. The van der Waals surface area contributed by atoms with Gasteiger partial charge in [-0.3, -0.25) is 4.98 Å². The molecule has 0 saturated carbocycles. The molecule has 4 rings (SSSR count). The first-order chi connectivity index (χ1) is 13.3. The molecule has 0 unspecified atom stereocenters. The molecule has 0 amide bonds. The van der Waals surface area contributed by atoms with Gasteiger partial charge < -0.3 is 0 Å². The molecular weight excluding hydrogens is 352 g/mol. The summed E-state index contributed by atoms with van der Waals surface area (Å²) in [5.74, 6) is 0.994. The standard InChI is InChI=1S/C22H18N4S/c1-2-27-22-14-7-13-21(26-22)20-12-6-11-19(25-20)18-10-5-9-17(24-18)16-8-3-4-15-23-16/h3-15H,2H2,1H3. The summed E-state index contributed by atoms with van der Waals surface area (Å²) in [6.07, 6.45) is 1.77. The molecule has 0 aliphatic rings. The summed E-state index contributed by atoms with van der Waals surface area (Å²) in [7, 11) is 0. The van der Waals surface area contributed by atoms with Gasteiger partial charge in [-0.15, -0.1) is 11.8 Å². The van der Waals surface area contributed by atoms with Gasteiger partial charge in [-0.25, -0.2) is 15.0 Å². The maximum absolute atomic E-state index is 4.79. The predicted octanol–water partition coefficient (Wildman–Crippen LogP) is 5.38. The summed E-state index contributed by atoms with van der Waals surface area (Å²) in [6, 6.07) is 23.7. The van der Waals surface area contributed by atoms with Gasteiger partial charge >= 0.3 is 0 Å². The second-order valence-electron chi connectivity index (χ2n) is 5.83. The molecule has 0 aromatic carbocycles. The SMILES string of the molecule is CCSc1cccc(-c2cccc(-c3cccc(-c4ccccn4)n3)n2)n1. The van der Waals surface area contributed by atoms with E-state index in [1.807, 2.05) is 72.8 Å². The molecule has 0 atom stereocenters. The molecule has 0 N–H and O–H groups in total. The highest BCUT2D eigenvalue weighted by Crippen LogP contribution is 2.24. The minimum atomic E-state index is 0.819.